The summed E-state index contributed by atoms with van der Waals surface area (Å²) in [5.74, 6) is 1.03. The van der Waals surface area contributed by atoms with Crippen molar-refractivity contribution in [3.05, 3.63) is 48.7 Å². The Labute approximate surface area is 113 Å². The number of rotatable bonds is 3. The largest absolute Gasteiger partial charge is 0.436 e. The van der Waals surface area contributed by atoms with Gasteiger partial charge in [-0.05, 0) is 18.2 Å². The maximum atomic E-state index is 8.94. The van der Waals surface area contributed by atoms with E-state index in [0.29, 0.717) is 17.2 Å². The Morgan fingerprint density at radius 1 is 1.20 bits per heavy atom. The van der Waals surface area contributed by atoms with Crippen molar-refractivity contribution in [2.45, 2.75) is 0 Å². The van der Waals surface area contributed by atoms with Gasteiger partial charge in [0, 0.05) is 18.0 Å². The molecule has 0 aliphatic rings. The first kappa shape index (κ1) is 11.8. The van der Waals surface area contributed by atoms with E-state index in [2.05, 4.69) is 20.2 Å². The Kier molecular flexibility index (Phi) is 3.04. The number of nitriles is 1. The molecular weight excluding hydrogens is 258 g/mol. The molecule has 3 rings (SSSR count). The van der Waals surface area contributed by atoms with Crippen molar-refractivity contribution in [3.8, 4) is 29.2 Å². The highest BCUT2D eigenvalue weighted by atomic mass is 16.5. The van der Waals surface area contributed by atoms with Crippen LogP contribution in [0.4, 0.5) is 0 Å². The molecule has 0 aliphatic carbocycles. The van der Waals surface area contributed by atoms with Crippen molar-refractivity contribution < 1.29 is 9.15 Å². The highest BCUT2D eigenvalue weighted by Gasteiger charge is 2.09. The van der Waals surface area contributed by atoms with Crippen LogP contribution in [-0.4, -0.2) is 20.2 Å². The molecule has 0 spiro atoms. The number of hydrogen-bond acceptors (Lipinski definition) is 7. The predicted molar refractivity (Wildman–Crippen MR) is 66.6 cm³/mol. The molecule has 0 saturated carbocycles. The molecule has 96 valence electrons. The van der Waals surface area contributed by atoms with E-state index < -0.39 is 0 Å². The van der Waals surface area contributed by atoms with Crippen LogP contribution in [0.2, 0.25) is 0 Å². The van der Waals surface area contributed by atoms with Crippen LogP contribution in [0.3, 0.4) is 0 Å². The Balaban J connectivity index is 1.92. The van der Waals surface area contributed by atoms with Crippen LogP contribution in [0.25, 0.3) is 11.5 Å². The second-order valence-electron chi connectivity index (χ2n) is 3.70. The minimum Gasteiger partial charge on any atom is -0.436 e. The van der Waals surface area contributed by atoms with Crippen LogP contribution < -0.4 is 4.74 Å². The van der Waals surface area contributed by atoms with Gasteiger partial charge >= 0.3 is 0 Å². The molecule has 3 aromatic rings. The number of hydrogen-bond donors (Lipinski definition) is 0. The zero-order valence-corrected chi connectivity index (χ0v) is 10.1. The maximum Gasteiger partial charge on any atom is 0.256 e. The average Bonchev–Trinajstić information content (AvgIpc) is 3.02. The summed E-state index contributed by atoms with van der Waals surface area (Å²) in [6.07, 6.45) is 4.14. The number of nitrogens with zero attached hydrogens (tertiary/aromatic N) is 5. The summed E-state index contributed by atoms with van der Waals surface area (Å²) < 4.78 is 10.7. The van der Waals surface area contributed by atoms with Gasteiger partial charge in [0.15, 0.2) is 0 Å². The quantitative estimate of drug-likeness (QED) is 0.715. The first-order chi connectivity index (χ1) is 9.86. The van der Waals surface area contributed by atoms with Crippen molar-refractivity contribution in [1.29, 1.82) is 5.26 Å². The van der Waals surface area contributed by atoms with E-state index in [1.54, 1.807) is 18.2 Å². The monoisotopic (exact) mass is 265 g/mol. The lowest BCUT2D eigenvalue weighted by Gasteiger charge is -2.05. The van der Waals surface area contributed by atoms with Crippen LogP contribution in [0, 0.1) is 11.3 Å². The summed E-state index contributed by atoms with van der Waals surface area (Å²) >= 11 is 0. The van der Waals surface area contributed by atoms with Gasteiger partial charge in [0.05, 0.1) is 0 Å². The molecule has 0 bridgehead atoms. The summed E-state index contributed by atoms with van der Waals surface area (Å²) in [7, 11) is 0. The third-order valence-electron chi connectivity index (χ3n) is 2.43. The van der Waals surface area contributed by atoms with Gasteiger partial charge in [-0.15, -0.1) is 10.2 Å². The topological polar surface area (TPSA) is 97.7 Å². The molecule has 0 aliphatic heterocycles. The maximum absolute atomic E-state index is 8.94. The summed E-state index contributed by atoms with van der Waals surface area (Å²) in [6.45, 7) is 0. The average molecular weight is 265 g/mol. The van der Waals surface area contributed by atoms with Crippen molar-refractivity contribution in [1.82, 2.24) is 20.2 Å². The van der Waals surface area contributed by atoms with Gasteiger partial charge in [-0.25, -0.2) is 9.97 Å². The lowest BCUT2D eigenvalue weighted by Crippen LogP contribution is -1.94. The smallest absolute Gasteiger partial charge is 0.256 e. The van der Waals surface area contributed by atoms with Gasteiger partial charge in [0.2, 0.25) is 18.0 Å². The second kappa shape index (κ2) is 5.16. The standard InChI is InChI=1S/C13H7N5O2/c14-7-11-13(16-5-4-15-11)20-10-3-1-2-9(6-10)12-18-17-8-19-12/h1-6,8H. The van der Waals surface area contributed by atoms with Crippen molar-refractivity contribution in [2.24, 2.45) is 0 Å². The van der Waals surface area contributed by atoms with E-state index in [1.807, 2.05) is 12.1 Å². The second-order valence-corrected chi connectivity index (χ2v) is 3.70. The minimum atomic E-state index is 0.121. The third kappa shape index (κ3) is 2.30. The first-order valence-corrected chi connectivity index (χ1v) is 5.62. The molecule has 0 radical (unpaired) electrons. The molecule has 7 heteroatoms. The highest BCUT2D eigenvalue weighted by Crippen LogP contribution is 2.26. The molecule has 0 N–H and O–H groups in total. The van der Waals surface area contributed by atoms with E-state index in [4.69, 9.17) is 14.4 Å². The Hall–Kier alpha value is -3.27. The first-order valence-electron chi connectivity index (χ1n) is 5.62. The molecule has 2 aromatic heterocycles. The zero-order chi connectivity index (χ0) is 13.8. The van der Waals surface area contributed by atoms with Crippen molar-refractivity contribution in [2.75, 3.05) is 0 Å². The van der Waals surface area contributed by atoms with Gasteiger partial charge in [0.25, 0.3) is 5.88 Å². The molecule has 0 saturated heterocycles. The van der Waals surface area contributed by atoms with E-state index in [1.165, 1.54) is 18.8 Å². The Morgan fingerprint density at radius 3 is 2.90 bits per heavy atom. The number of ether oxygens (including phenoxy) is 1. The van der Waals surface area contributed by atoms with Gasteiger partial charge in [-0.3, -0.25) is 0 Å². The van der Waals surface area contributed by atoms with E-state index >= 15 is 0 Å². The van der Waals surface area contributed by atoms with Gasteiger partial charge in [0.1, 0.15) is 11.8 Å². The molecule has 0 atom stereocenters. The van der Waals surface area contributed by atoms with Gasteiger partial charge in [-0.1, -0.05) is 6.07 Å². The SMILES string of the molecule is N#Cc1nccnc1Oc1cccc(-c2nnco2)c1. The fourth-order valence-corrected chi connectivity index (χ4v) is 1.58. The van der Waals surface area contributed by atoms with Crippen molar-refractivity contribution >= 4 is 0 Å². The Bertz CT molecular complexity index is 764. The van der Waals surface area contributed by atoms with Gasteiger partial charge < -0.3 is 9.15 Å². The highest BCUT2D eigenvalue weighted by molar-refractivity contribution is 5.55. The van der Waals surface area contributed by atoms with E-state index in [9.17, 15) is 0 Å². The zero-order valence-electron chi connectivity index (χ0n) is 10.1. The van der Waals surface area contributed by atoms with Crippen LogP contribution in [0.5, 0.6) is 11.6 Å². The molecule has 0 amide bonds. The van der Waals surface area contributed by atoms with E-state index in [0.717, 1.165) is 0 Å². The summed E-state index contributed by atoms with van der Waals surface area (Å²) in [5, 5.41) is 16.4. The summed E-state index contributed by atoms with van der Waals surface area (Å²) in [5.41, 5.74) is 0.832. The third-order valence-corrected chi connectivity index (χ3v) is 2.43. The lowest BCUT2D eigenvalue weighted by molar-refractivity contribution is 0.458. The minimum absolute atomic E-state index is 0.121. The van der Waals surface area contributed by atoms with Gasteiger partial charge in [-0.2, -0.15) is 5.26 Å². The molecule has 2 heterocycles. The lowest BCUT2D eigenvalue weighted by atomic mass is 10.2. The van der Waals surface area contributed by atoms with E-state index in [-0.39, 0.29) is 11.6 Å². The fraction of sp³-hybridized carbons (Fsp3) is 0. The Morgan fingerprint density at radius 2 is 2.10 bits per heavy atom. The van der Waals surface area contributed by atoms with Crippen LogP contribution >= 0.6 is 0 Å². The number of aromatic nitrogens is 4. The molecule has 1 aromatic carbocycles. The molecule has 0 fully saturated rings. The van der Waals surface area contributed by atoms with Crippen LogP contribution in [0.1, 0.15) is 5.69 Å². The molecular formula is C13H7N5O2. The predicted octanol–water partition coefficient (Wildman–Crippen LogP) is 2.19. The summed E-state index contributed by atoms with van der Waals surface area (Å²) in [4.78, 5) is 7.85. The van der Waals surface area contributed by atoms with Crippen LogP contribution in [-0.2, 0) is 0 Å². The molecule has 20 heavy (non-hydrogen) atoms. The van der Waals surface area contributed by atoms with Crippen LogP contribution in [0.15, 0.2) is 47.5 Å². The normalized spacial score (nSPS) is 9.95. The number of benzene rings is 1. The molecule has 0 unspecified atom stereocenters. The fourth-order valence-electron chi connectivity index (χ4n) is 1.58. The molecule has 7 nitrogen and oxygen atoms in total. The van der Waals surface area contributed by atoms with Crippen molar-refractivity contribution in [3.63, 3.8) is 0 Å². The summed E-state index contributed by atoms with van der Waals surface area (Å²) in [6, 6.07) is 8.94.